The van der Waals surface area contributed by atoms with Crippen molar-refractivity contribution in [3.63, 3.8) is 0 Å². The number of halogens is 1. The molecule has 1 radical (unpaired) electrons. The molecule has 0 bridgehead atoms. The molecule has 0 N–H and O–H groups in total. The molecule has 93 valence electrons. The zero-order valence-electron chi connectivity index (χ0n) is 10.8. The van der Waals surface area contributed by atoms with E-state index in [4.69, 9.17) is 4.74 Å². The van der Waals surface area contributed by atoms with Gasteiger partial charge in [-0.15, -0.1) is 0 Å². The fourth-order valence-electron chi connectivity index (χ4n) is 2.10. The van der Waals surface area contributed by atoms with Gasteiger partial charge in [0.15, 0.2) is 0 Å². The van der Waals surface area contributed by atoms with Gasteiger partial charge in [0.2, 0.25) is 0 Å². The topological polar surface area (TPSA) is 9.23 Å². The molecular formula is C16H16FO. The molecule has 2 rings (SSSR count). The number of hydrogen-bond acceptors (Lipinski definition) is 1. The second-order valence-electron chi connectivity index (χ2n) is 4.50. The maximum absolute atomic E-state index is 13.0. The molecule has 0 saturated carbocycles. The summed E-state index contributed by atoms with van der Waals surface area (Å²) in [6.07, 6.45) is 0. The van der Waals surface area contributed by atoms with Crippen LogP contribution in [0.2, 0.25) is 0 Å². The maximum Gasteiger partial charge on any atom is 0.123 e. The van der Waals surface area contributed by atoms with Gasteiger partial charge in [-0.2, -0.15) is 0 Å². The summed E-state index contributed by atoms with van der Waals surface area (Å²) in [4.78, 5) is 0. The summed E-state index contributed by atoms with van der Waals surface area (Å²) in [6.45, 7) is 4.22. The lowest BCUT2D eigenvalue weighted by Crippen LogP contribution is -1.97. The standard InChI is InChI=1S/C16H16FO/c1-11(2)16-14(5-4-6-15(16)18-3)12-7-9-13(17)10-8-12/h4,6-11H,1-3H3. The Labute approximate surface area is 107 Å². The van der Waals surface area contributed by atoms with Crippen molar-refractivity contribution in [1.29, 1.82) is 0 Å². The number of hydrogen-bond donors (Lipinski definition) is 0. The van der Waals surface area contributed by atoms with Gasteiger partial charge in [-0.3, -0.25) is 0 Å². The molecule has 0 aliphatic rings. The van der Waals surface area contributed by atoms with Crippen LogP contribution in [0.5, 0.6) is 5.75 Å². The van der Waals surface area contributed by atoms with E-state index < -0.39 is 0 Å². The predicted octanol–water partition coefficient (Wildman–Crippen LogP) is 4.42. The molecule has 0 amide bonds. The quantitative estimate of drug-likeness (QED) is 0.775. The summed E-state index contributed by atoms with van der Waals surface area (Å²) in [5, 5.41) is 0. The summed E-state index contributed by atoms with van der Waals surface area (Å²) in [7, 11) is 1.66. The van der Waals surface area contributed by atoms with E-state index in [0.29, 0.717) is 5.92 Å². The Hall–Kier alpha value is -1.83. The molecule has 0 heterocycles. The van der Waals surface area contributed by atoms with Crippen molar-refractivity contribution >= 4 is 0 Å². The summed E-state index contributed by atoms with van der Waals surface area (Å²) < 4.78 is 18.4. The number of rotatable bonds is 3. The number of ether oxygens (including phenoxy) is 1. The van der Waals surface area contributed by atoms with E-state index in [1.165, 1.54) is 12.1 Å². The monoisotopic (exact) mass is 243 g/mol. The van der Waals surface area contributed by atoms with Gasteiger partial charge in [-0.1, -0.05) is 32.0 Å². The Morgan fingerprint density at radius 1 is 1.11 bits per heavy atom. The van der Waals surface area contributed by atoms with E-state index in [0.717, 1.165) is 22.4 Å². The van der Waals surface area contributed by atoms with Gasteiger partial charge < -0.3 is 4.74 Å². The Kier molecular flexibility index (Phi) is 3.66. The Morgan fingerprint density at radius 2 is 1.78 bits per heavy atom. The van der Waals surface area contributed by atoms with Crippen molar-refractivity contribution in [3.8, 4) is 16.9 Å². The van der Waals surface area contributed by atoms with Crippen LogP contribution >= 0.6 is 0 Å². The van der Waals surface area contributed by atoms with Gasteiger partial charge in [0.25, 0.3) is 0 Å². The average molecular weight is 243 g/mol. The summed E-state index contributed by atoms with van der Waals surface area (Å²) in [5.41, 5.74) is 3.04. The molecule has 0 aromatic heterocycles. The van der Waals surface area contributed by atoms with Crippen LogP contribution in [0.15, 0.2) is 36.4 Å². The van der Waals surface area contributed by atoms with E-state index in [1.54, 1.807) is 19.2 Å². The zero-order chi connectivity index (χ0) is 13.1. The molecule has 0 atom stereocenters. The lowest BCUT2D eigenvalue weighted by molar-refractivity contribution is 0.408. The van der Waals surface area contributed by atoms with Gasteiger partial charge in [-0.05, 0) is 41.3 Å². The fraction of sp³-hybridized carbons (Fsp3) is 0.250. The first-order valence-electron chi connectivity index (χ1n) is 5.98. The van der Waals surface area contributed by atoms with Gasteiger partial charge in [-0.25, -0.2) is 4.39 Å². The highest BCUT2D eigenvalue weighted by Crippen LogP contribution is 2.35. The van der Waals surface area contributed by atoms with Crippen LogP contribution in [0, 0.1) is 11.9 Å². The van der Waals surface area contributed by atoms with Crippen molar-refractivity contribution in [2.45, 2.75) is 19.8 Å². The molecule has 0 spiro atoms. The smallest absolute Gasteiger partial charge is 0.123 e. The Balaban J connectivity index is 2.59. The van der Waals surface area contributed by atoms with Gasteiger partial charge in [0.05, 0.1) is 7.11 Å². The lowest BCUT2D eigenvalue weighted by atomic mass is 9.92. The normalized spacial score (nSPS) is 10.7. The Bertz CT molecular complexity index is 529. The Morgan fingerprint density at radius 3 is 2.33 bits per heavy atom. The minimum atomic E-state index is -0.229. The second kappa shape index (κ2) is 5.21. The van der Waals surface area contributed by atoms with Crippen LogP contribution < -0.4 is 4.74 Å². The van der Waals surface area contributed by atoms with Crippen molar-refractivity contribution < 1.29 is 9.13 Å². The molecule has 0 aliphatic carbocycles. The van der Waals surface area contributed by atoms with E-state index in [1.807, 2.05) is 12.1 Å². The third kappa shape index (κ3) is 2.37. The molecule has 2 heteroatoms. The first kappa shape index (κ1) is 12.6. The third-order valence-corrected chi connectivity index (χ3v) is 2.93. The fourth-order valence-corrected chi connectivity index (χ4v) is 2.10. The van der Waals surface area contributed by atoms with Crippen LogP contribution in [0.3, 0.4) is 0 Å². The van der Waals surface area contributed by atoms with Crippen LogP contribution in [-0.2, 0) is 0 Å². The van der Waals surface area contributed by atoms with Gasteiger partial charge in [0.1, 0.15) is 11.6 Å². The van der Waals surface area contributed by atoms with Crippen LogP contribution in [0.1, 0.15) is 25.3 Å². The van der Waals surface area contributed by atoms with Crippen molar-refractivity contribution in [2.24, 2.45) is 0 Å². The van der Waals surface area contributed by atoms with Gasteiger partial charge >= 0.3 is 0 Å². The number of methoxy groups -OCH3 is 1. The van der Waals surface area contributed by atoms with Crippen molar-refractivity contribution in [2.75, 3.05) is 7.11 Å². The lowest BCUT2D eigenvalue weighted by Gasteiger charge is -2.16. The minimum Gasteiger partial charge on any atom is -0.496 e. The highest BCUT2D eigenvalue weighted by Gasteiger charge is 2.14. The van der Waals surface area contributed by atoms with E-state index in [-0.39, 0.29) is 5.82 Å². The molecule has 0 aliphatic heterocycles. The summed E-state index contributed by atoms with van der Waals surface area (Å²) in [6, 6.07) is 13.4. The van der Waals surface area contributed by atoms with Gasteiger partial charge in [0, 0.05) is 5.56 Å². The van der Waals surface area contributed by atoms with E-state index in [9.17, 15) is 4.39 Å². The van der Waals surface area contributed by atoms with Crippen LogP contribution in [0.4, 0.5) is 4.39 Å². The average Bonchev–Trinajstić information content (AvgIpc) is 2.38. The molecule has 0 saturated heterocycles. The molecule has 0 unspecified atom stereocenters. The first-order chi connectivity index (χ1) is 8.63. The zero-order valence-corrected chi connectivity index (χ0v) is 10.8. The predicted molar refractivity (Wildman–Crippen MR) is 71.3 cm³/mol. The highest BCUT2D eigenvalue weighted by molar-refractivity contribution is 5.70. The van der Waals surface area contributed by atoms with E-state index >= 15 is 0 Å². The molecule has 18 heavy (non-hydrogen) atoms. The van der Waals surface area contributed by atoms with Crippen molar-refractivity contribution in [3.05, 3.63) is 53.8 Å². The van der Waals surface area contributed by atoms with E-state index in [2.05, 4.69) is 19.9 Å². The summed E-state index contributed by atoms with van der Waals surface area (Å²) in [5.74, 6) is 0.938. The van der Waals surface area contributed by atoms with Crippen LogP contribution in [-0.4, -0.2) is 7.11 Å². The maximum atomic E-state index is 13.0. The molecule has 1 nitrogen and oxygen atoms in total. The first-order valence-corrected chi connectivity index (χ1v) is 5.98. The molecular weight excluding hydrogens is 227 g/mol. The number of benzene rings is 2. The highest BCUT2D eigenvalue weighted by atomic mass is 19.1. The second-order valence-corrected chi connectivity index (χ2v) is 4.50. The molecule has 0 fully saturated rings. The van der Waals surface area contributed by atoms with Crippen LogP contribution in [0.25, 0.3) is 11.1 Å². The molecule has 2 aromatic carbocycles. The minimum absolute atomic E-state index is 0.229. The summed E-state index contributed by atoms with van der Waals surface area (Å²) >= 11 is 0. The SMILES string of the molecule is COc1cc[c]c(-c2ccc(F)cc2)c1C(C)C. The largest absolute Gasteiger partial charge is 0.496 e. The third-order valence-electron chi connectivity index (χ3n) is 2.93. The van der Waals surface area contributed by atoms with Crippen molar-refractivity contribution in [1.82, 2.24) is 0 Å². The molecule has 2 aromatic rings.